The van der Waals surface area contributed by atoms with Gasteiger partial charge in [0.1, 0.15) is 5.76 Å². The molecule has 3 aromatic rings. The number of hydrogen-bond donors (Lipinski definition) is 0. The van der Waals surface area contributed by atoms with Crippen molar-refractivity contribution in [1.29, 1.82) is 0 Å². The van der Waals surface area contributed by atoms with E-state index >= 15 is 0 Å². The Bertz CT molecular complexity index is 1050. The molecule has 6 nitrogen and oxygen atoms in total. The Labute approximate surface area is 183 Å². The SMILES string of the molecule is Cc1noc(C)c1CSc1ccccc1C(=O)OCC(=O)N1CCc2sccc2C1. The highest BCUT2D eigenvalue weighted by atomic mass is 32.2. The summed E-state index contributed by atoms with van der Waals surface area (Å²) in [5.74, 6) is 0.765. The van der Waals surface area contributed by atoms with E-state index in [0.29, 0.717) is 24.4 Å². The minimum Gasteiger partial charge on any atom is -0.452 e. The zero-order chi connectivity index (χ0) is 21.1. The second-order valence-electron chi connectivity index (χ2n) is 7.10. The lowest BCUT2D eigenvalue weighted by Gasteiger charge is -2.26. The third-order valence-electron chi connectivity index (χ3n) is 5.15. The predicted octanol–water partition coefficient (Wildman–Crippen LogP) is 4.39. The van der Waals surface area contributed by atoms with Crippen molar-refractivity contribution in [3.05, 3.63) is 68.7 Å². The van der Waals surface area contributed by atoms with Gasteiger partial charge in [0.2, 0.25) is 0 Å². The van der Waals surface area contributed by atoms with Crippen LogP contribution in [-0.2, 0) is 28.2 Å². The molecule has 0 unspecified atom stereocenters. The van der Waals surface area contributed by atoms with Gasteiger partial charge in [-0.2, -0.15) is 0 Å². The first kappa shape index (κ1) is 20.7. The molecule has 1 amide bonds. The van der Waals surface area contributed by atoms with Crippen LogP contribution in [-0.4, -0.2) is 35.1 Å². The Morgan fingerprint density at radius 3 is 2.90 bits per heavy atom. The predicted molar refractivity (Wildman–Crippen MR) is 116 cm³/mol. The molecule has 0 fully saturated rings. The number of rotatable bonds is 6. The first-order valence-electron chi connectivity index (χ1n) is 9.66. The van der Waals surface area contributed by atoms with Gasteiger partial charge in [-0.15, -0.1) is 23.1 Å². The maximum Gasteiger partial charge on any atom is 0.339 e. The molecule has 0 atom stereocenters. The third-order valence-corrected chi connectivity index (χ3v) is 7.27. The summed E-state index contributed by atoms with van der Waals surface area (Å²) in [7, 11) is 0. The molecular formula is C22H22N2O4S2. The van der Waals surface area contributed by atoms with Crippen molar-refractivity contribution in [3.8, 4) is 0 Å². The van der Waals surface area contributed by atoms with E-state index in [1.165, 1.54) is 22.2 Å². The summed E-state index contributed by atoms with van der Waals surface area (Å²) < 4.78 is 10.6. The molecule has 0 aliphatic carbocycles. The first-order valence-corrected chi connectivity index (χ1v) is 11.5. The molecule has 3 heterocycles. The van der Waals surface area contributed by atoms with E-state index in [2.05, 4.69) is 16.6 Å². The fourth-order valence-electron chi connectivity index (χ4n) is 3.38. The molecule has 156 valence electrons. The quantitative estimate of drug-likeness (QED) is 0.417. The van der Waals surface area contributed by atoms with E-state index in [9.17, 15) is 9.59 Å². The molecule has 0 radical (unpaired) electrons. The zero-order valence-electron chi connectivity index (χ0n) is 16.8. The normalized spacial score (nSPS) is 13.2. The number of carbonyl (C=O) groups is 2. The number of aryl methyl sites for hydroxylation is 2. The van der Waals surface area contributed by atoms with Gasteiger partial charge in [0.15, 0.2) is 6.61 Å². The maximum atomic E-state index is 12.7. The molecule has 0 spiro atoms. The molecule has 30 heavy (non-hydrogen) atoms. The minimum absolute atomic E-state index is 0.166. The van der Waals surface area contributed by atoms with Gasteiger partial charge in [0.25, 0.3) is 5.91 Å². The number of nitrogens with zero attached hydrogens (tertiary/aromatic N) is 2. The van der Waals surface area contributed by atoms with Crippen LogP contribution in [0.4, 0.5) is 0 Å². The Morgan fingerprint density at radius 1 is 1.27 bits per heavy atom. The van der Waals surface area contributed by atoms with Gasteiger partial charge in [-0.1, -0.05) is 17.3 Å². The van der Waals surface area contributed by atoms with Crippen LogP contribution in [0.5, 0.6) is 0 Å². The largest absolute Gasteiger partial charge is 0.452 e. The van der Waals surface area contributed by atoms with Crippen molar-refractivity contribution in [1.82, 2.24) is 10.1 Å². The summed E-state index contributed by atoms with van der Waals surface area (Å²) in [6, 6.07) is 9.33. The van der Waals surface area contributed by atoms with Gasteiger partial charge in [0.05, 0.1) is 11.3 Å². The van der Waals surface area contributed by atoms with Crippen LogP contribution >= 0.6 is 23.1 Å². The Balaban J connectivity index is 1.36. The van der Waals surface area contributed by atoms with E-state index in [0.717, 1.165) is 28.3 Å². The fourth-order valence-corrected chi connectivity index (χ4v) is 5.46. The summed E-state index contributed by atoms with van der Waals surface area (Å²) in [5, 5.41) is 6.02. The first-order chi connectivity index (χ1) is 14.5. The number of amides is 1. The number of thiophene rings is 1. The molecular weight excluding hydrogens is 420 g/mol. The van der Waals surface area contributed by atoms with Gasteiger partial charge < -0.3 is 14.2 Å². The van der Waals surface area contributed by atoms with Crippen molar-refractivity contribution in [2.75, 3.05) is 13.2 Å². The molecule has 0 bridgehead atoms. The second kappa shape index (κ2) is 9.06. The van der Waals surface area contributed by atoms with Crippen LogP contribution < -0.4 is 0 Å². The van der Waals surface area contributed by atoms with Crippen LogP contribution in [0.15, 0.2) is 45.1 Å². The molecule has 4 rings (SSSR count). The zero-order valence-corrected chi connectivity index (χ0v) is 18.5. The Hall–Kier alpha value is -2.58. The molecule has 0 saturated heterocycles. The van der Waals surface area contributed by atoms with Crippen molar-refractivity contribution >= 4 is 35.0 Å². The topological polar surface area (TPSA) is 72.6 Å². The standard InChI is InChI=1S/C22H22N2O4S2/c1-14-18(15(2)28-23-14)13-30-20-6-4-3-5-17(20)22(26)27-12-21(25)24-9-7-19-16(11-24)8-10-29-19/h3-6,8,10H,7,9,11-13H2,1-2H3. The number of carbonyl (C=O) groups excluding carboxylic acids is 2. The average molecular weight is 443 g/mol. The molecule has 0 N–H and O–H groups in total. The number of aromatic nitrogens is 1. The van der Waals surface area contributed by atoms with Crippen LogP contribution in [0.1, 0.15) is 37.8 Å². The van der Waals surface area contributed by atoms with Crippen LogP contribution in [0.3, 0.4) is 0 Å². The summed E-state index contributed by atoms with van der Waals surface area (Å²) in [4.78, 5) is 29.1. The fraction of sp³-hybridized carbons (Fsp3) is 0.318. The van der Waals surface area contributed by atoms with Gasteiger partial charge in [0, 0.05) is 34.2 Å². The molecule has 1 aliphatic rings. The van der Waals surface area contributed by atoms with E-state index in [4.69, 9.17) is 9.26 Å². The van der Waals surface area contributed by atoms with E-state index < -0.39 is 5.97 Å². The lowest BCUT2D eigenvalue weighted by Crippen LogP contribution is -2.38. The lowest BCUT2D eigenvalue weighted by atomic mass is 10.1. The number of benzene rings is 1. The highest BCUT2D eigenvalue weighted by Crippen LogP contribution is 2.29. The van der Waals surface area contributed by atoms with Crippen molar-refractivity contribution in [2.45, 2.75) is 37.5 Å². The third kappa shape index (κ3) is 4.44. The number of fused-ring (bicyclic) bond motifs is 1. The van der Waals surface area contributed by atoms with E-state index in [-0.39, 0.29) is 12.5 Å². The van der Waals surface area contributed by atoms with E-state index in [1.807, 2.05) is 26.0 Å². The second-order valence-corrected chi connectivity index (χ2v) is 9.12. The van der Waals surface area contributed by atoms with Crippen LogP contribution in [0.2, 0.25) is 0 Å². The van der Waals surface area contributed by atoms with Gasteiger partial charge in [-0.05, 0) is 49.4 Å². The van der Waals surface area contributed by atoms with Crippen molar-refractivity contribution < 1.29 is 18.8 Å². The maximum absolute atomic E-state index is 12.7. The van der Waals surface area contributed by atoms with Gasteiger partial charge >= 0.3 is 5.97 Å². The highest BCUT2D eigenvalue weighted by Gasteiger charge is 2.23. The summed E-state index contributed by atoms with van der Waals surface area (Å²) in [5.41, 5.74) is 3.52. The molecule has 1 aromatic carbocycles. The monoisotopic (exact) mass is 442 g/mol. The summed E-state index contributed by atoms with van der Waals surface area (Å²) >= 11 is 3.25. The van der Waals surface area contributed by atoms with Gasteiger partial charge in [-0.3, -0.25) is 4.79 Å². The molecule has 0 saturated carbocycles. The van der Waals surface area contributed by atoms with Crippen molar-refractivity contribution in [3.63, 3.8) is 0 Å². The highest BCUT2D eigenvalue weighted by molar-refractivity contribution is 7.98. The molecule has 8 heteroatoms. The number of esters is 1. The van der Waals surface area contributed by atoms with Crippen molar-refractivity contribution in [2.24, 2.45) is 0 Å². The number of thioether (sulfide) groups is 1. The molecule has 1 aliphatic heterocycles. The molecule has 2 aromatic heterocycles. The Morgan fingerprint density at radius 2 is 2.10 bits per heavy atom. The Kier molecular flexibility index (Phi) is 6.24. The smallest absolute Gasteiger partial charge is 0.339 e. The minimum atomic E-state index is -0.488. The van der Waals surface area contributed by atoms with Crippen LogP contribution in [0, 0.1) is 13.8 Å². The number of hydrogen-bond acceptors (Lipinski definition) is 7. The van der Waals surface area contributed by atoms with Gasteiger partial charge in [-0.25, -0.2) is 4.79 Å². The number of ether oxygens (including phenoxy) is 1. The summed E-state index contributed by atoms with van der Waals surface area (Å²) in [6.45, 7) is 4.77. The summed E-state index contributed by atoms with van der Waals surface area (Å²) in [6.07, 6.45) is 0.855. The lowest BCUT2D eigenvalue weighted by molar-refractivity contribution is -0.135. The average Bonchev–Trinajstić information content (AvgIpc) is 3.36. The van der Waals surface area contributed by atoms with E-state index in [1.54, 1.807) is 28.4 Å². The van der Waals surface area contributed by atoms with Crippen LogP contribution in [0.25, 0.3) is 0 Å².